The maximum atomic E-state index is 13.1. The third kappa shape index (κ3) is 5.36. The highest BCUT2D eigenvalue weighted by molar-refractivity contribution is 6.30. The molecule has 0 N–H and O–H groups in total. The van der Waals surface area contributed by atoms with Gasteiger partial charge in [0.1, 0.15) is 5.82 Å². The predicted octanol–water partition coefficient (Wildman–Crippen LogP) is 5.35. The molecule has 0 atom stereocenters. The molecule has 1 aliphatic rings. The number of aryl methyl sites for hydroxylation is 2. The maximum Gasteiger partial charge on any atom is 0.222 e. The average molecular weight is 413 g/mol. The van der Waals surface area contributed by atoms with Crippen LogP contribution in [0.4, 0.5) is 4.39 Å². The Morgan fingerprint density at radius 2 is 1.86 bits per heavy atom. The van der Waals surface area contributed by atoms with Crippen molar-refractivity contribution in [2.45, 2.75) is 45.4 Å². The van der Waals surface area contributed by atoms with Crippen LogP contribution in [0.2, 0.25) is 5.02 Å². The van der Waals surface area contributed by atoms with Crippen molar-refractivity contribution in [1.82, 2.24) is 4.90 Å². The molecule has 2 aromatic rings. The van der Waals surface area contributed by atoms with Crippen LogP contribution in [-0.4, -0.2) is 23.9 Å². The molecule has 3 rings (SSSR count). The molecule has 5 heteroatoms. The van der Waals surface area contributed by atoms with Gasteiger partial charge in [-0.05, 0) is 73.1 Å². The number of likely N-dealkylation sites (tertiary alicyclic amines) is 1. The second-order valence-corrected chi connectivity index (χ2v) is 8.28. The Kier molecular flexibility index (Phi) is 6.92. The van der Waals surface area contributed by atoms with E-state index < -0.39 is 5.41 Å². The van der Waals surface area contributed by atoms with Crippen LogP contribution in [0.5, 0.6) is 0 Å². The van der Waals surface area contributed by atoms with Gasteiger partial charge in [0.15, 0.2) is 0 Å². The quantitative estimate of drug-likeness (QED) is 0.641. The number of nitrogens with zero attached hydrogens (tertiary/aromatic N) is 2. The van der Waals surface area contributed by atoms with Crippen molar-refractivity contribution in [3.8, 4) is 6.07 Å². The molecule has 0 aromatic heterocycles. The van der Waals surface area contributed by atoms with Gasteiger partial charge in [0.05, 0.1) is 11.5 Å². The van der Waals surface area contributed by atoms with Crippen molar-refractivity contribution >= 4 is 17.5 Å². The summed E-state index contributed by atoms with van der Waals surface area (Å²) in [6, 6.07) is 14.7. The molecule has 0 bridgehead atoms. The molecule has 0 spiro atoms. The lowest BCUT2D eigenvalue weighted by molar-refractivity contribution is -0.133. The zero-order valence-corrected chi connectivity index (χ0v) is 17.5. The molecule has 0 unspecified atom stereocenters. The average Bonchev–Trinajstić information content (AvgIpc) is 2.74. The zero-order chi connectivity index (χ0) is 20.9. The van der Waals surface area contributed by atoms with Crippen LogP contribution in [-0.2, 0) is 24.1 Å². The summed E-state index contributed by atoms with van der Waals surface area (Å²) in [7, 11) is 0. The third-order valence-electron chi connectivity index (χ3n) is 5.92. The Morgan fingerprint density at radius 3 is 2.48 bits per heavy atom. The Bertz CT molecular complexity index is 896. The van der Waals surface area contributed by atoms with Gasteiger partial charge in [-0.3, -0.25) is 4.79 Å². The number of rotatable bonds is 6. The third-order valence-corrected chi connectivity index (χ3v) is 6.16. The second-order valence-electron chi connectivity index (χ2n) is 7.84. The van der Waals surface area contributed by atoms with E-state index in [4.69, 9.17) is 11.6 Å². The molecule has 1 amide bonds. The van der Waals surface area contributed by atoms with E-state index in [1.54, 1.807) is 12.1 Å². The first-order valence-corrected chi connectivity index (χ1v) is 10.5. The lowest BCUT2D eigenvalue weighted by atomic mass is 9.75. The molecule has 0 saturated carbocycles. The molecule has 1 fully saturated rings. The van der Waals surface area contributed by atoms with Crippen LogP contribution < -0.4 is 0 Å². The van der Waals surface area contributed by atoms with Gasteiger partial charge in [0.25, 0.3) is 0 Å². The fourth-order valence-corrected chi connectivity index (χ4v) is 4.27. The van der Waals surface area contributed by atoms with Gasteiger partial charge in [-0.2, -0.15) is 5.26 Å². The van der Waals surface area contributed by atoms with Gasteiger partial charge < -0.3 is 4.90 Å². The first-order valence-electron chi connectivity index (χ1n) is 10.2. The summed E-state index contributed by atoms with van der Waals surface area (Å²) in [5.41, 5.74) is 2.83. The van der Waals surface area contributed by atoms with Crippen LogP contribution in [0, 0.1) is 22.6 Å². The normalized spacial score (nSPS) is 15.7. The lowest BCUT2D eigenvalue weighted by Gasteiger charge is -2.37. The number of amides is 1. The molecule has 0 aliphatic carbocycles. The fourth-order valence-electron chi connectivity index (χ4n) is 4.07. The van der Waals surface area contributed by atoms with E-state index >= 15 is 0 Å². The predicted molar refractivity (Wildman–Crippen MR) is 113 cm³/mol. The topological polar surface area (TPSA) is 44.1 Å². The second kappa shape index (κ2) is 9.41. The highest BCUT2D eigenvalue weighted by Gasteiger charge is 2.36. The molecule has 1 aliphatic heterocycles. The van der Waals surface area contributed by atoms with Crippen molar-refractivity contribution in [3.63, 3.8) is 0 Å². The maximum absolute atomic E-state index is 13.1. The first kappa shape index (κ1) is 21.3. The standard InChI is InChI=1S/C24H26ClFN2O/c1-2-19-15-21(25)7-5-20(19)6-10-23(29)28-13-11-24(17-27,12-14-28)16-18-3-8-22(26)9-4-18/h3-5,7-9,15H,2,6,10-14,16H2,1H3. The minimum atomic E-state index is -0.486. The number of piperidine rings is 1. The molecule has 29 heavy (non-hydrogen) atoms. The minimum absolute atomic E-state index is 0.135. The summed E-state index contributed by atoms with van der Waals surface area (Å²) in [6.45, 7) is 3.27. The summed E-state index contributed by atoms with van der Waals surface area (Å²) in [5.74, 6) is -0.137. The van der Waals surface area contributed by atoms with E-state index in [1.807, 2.05) is 23.1 Å². The lowest BCUT2D eigenvalue weighted by Crippen LogP contribution is -2.43. The number of hydrogen-bond acceptors (Lipinski definition) is 2. The van der Waals surface area contributed by atoms with E-state index in [1.165, 1.54) is 23.3 Å². The SMILES string of the molecule is CCc1cc(Cl)ccc1CCC(=O)N1CCC(C#N)(Cc2ccc(F)cc2)CC1. The molecule has 152 valence electrons. The van der Waals surface area contributed by atoms with Crippen LogP contribution in [0.15, 0.2) is 42.5 Å². The van der Waals surface area contributed by atoms with E-state index in [-0.39, 0.29) is 11.7 Å². The van der Waals surface area contributed by atoms with Crippen molar-refractivity contribution in [3.05, 3.63) is 70.0 Å². The molecular formula is C24H26ClFN2O. The van der Waals surface area contributed by atoms with Crippen molar-refractivity contribution < 1.29 is 9.18 Å². The van der Waals surface area contributed by atoms with Crippen LogP contribution >= 0.6 is 11.6 Å². The molecule has 1 heterocycles. The number of carbonyl (C=O) groups excluding carboxylic acids is 1. The summed E-state index contributed by atoms with van der Waals surface area (Å²) in [4.78, 5) is 14.6. The van der Waals surface area contributed by atoms with Crippen LogP contribution in [0.1, 0.15) is 42.9 Å². The largest absolute Gasteiger partial charge is 0.343 e. The van der Waals surface area contributed by atoms with Gasteiger partial charge in [-0.1, -0.05) is 36.7 Å². The fraction of sp³-hybridized carbons (Fsp3) is 0.417. The van der Waals surface area contributed by atoms with Crippen molar-refractivity contribution in [1.29, 1.82) is 5.26 Å². The highest BCUT2D eigenvalue weighted by atomic mass is 35.5. The summed E-state index contributed by atoms with van der Waals surface area (Å²) in [6.07, 6.45) is 3.95. The monoisotopic (exact) mass is 412 g/mol. The molecule has 1 saturated heterocycles. The van der Waals surface area contributed by atoms with E-state index in [0.29, 0.717) is 45.2 Å². The Hall–Kier alpha value is -2.38. The van der Waals surface area contributed by atoms with Gasteiger partial charge in [-0.25, -0.2) is 4.39 Å². The van der Waals surface area contributed by atoms with E-state index in [2.05, 4.69) is 13.0 Å². The van der Waals surface area contributed by atoms with Crippen molar-refractivity contribution in [2.24, 2.45) is 5.41 Å². The van der Waals surface area contributed by atoms with Gasteiger partial charge in [-0.15, -0.1) is 0 Å². The van der Waals surface area contributed by atoms with Crippen LogP contribution in [0.25, 0.3) is 0 Å². The Labute approximate surface area is 177 Å². The minimum Gasteiger partial charge on any atom is -0.343 e. The zero-order valence-electron chi connectivity index (χ0n) is 16.8. The van der Waals surface area contributed by atoms with Gasteiger partial charge in [0.2, 0.25) is 5.91 Å². The van der Waals surface area contributed by atoms with Gasteiger partial charge in [0, 0.05) is 24.5 Å². The number of benzene rings is 2. The van der Waals surface area contributed by atoms with Crippen molar-refractivity contribution in [2.75, 3.05) is 13.1 Å². The summed E-state index contributed by atoms with van der Waals surface area (Å²) in [5, 5.41) is 10.5. The number of carbonyl (C=O) groups is 1. The van der Waals surface area contributed by atoms with Gasteiger partial charge >= 0.3 is 0 Å². The summed E-state index contributed by atoms with van der Waals surface area (Å²) >= 11 is 6.07. The van der Waals surface area contributed by atoms with Crippen LogP contribution in [0.3, 0.4) is 0 Å². The molecular weight excluding hydrogens is 387 g/mol. The Balaban J connectivity index is 1.56. The number of nitriles is 1. The highest BCUT2D eigenvalue weighted by Crippen LogP contribution is 2.35. The number of hydrogen-bond donors (Lipinski definition) is 0. The molecule has 2 aromatic carbocycles. The molecule has 3 nitrogen and oxygen atoms in total. The molecule has 0 radical (unpaired) electrons. The summed E-state index contributed by atoms with van der Waals surface area (Å²) < 4.78 is 13.1. The number of halogens is 2. The smallest absolute Gasteiger partial charge is 0.222 e. The van der Waals surface area contributed by atoms with E-state index in [9.17, 15) is 14.4 Å². The van der Waals surface area contributed by atoms with E-state index in [0.717, 1.165) is 17.0 Å². The first-order chi connectivity index (χ1) is 13.9. The Morgan fingerprint density at radius 1 is 1.17 bits per heavy atom.